The first kappa shape index (κ1) is 8.22. The van der Waals surface area contributed by atoms with Gasteiger partial charge in [0, 0.05) is 0 Å². The van der Waals surface area contributed by atoms with Gasteiger partial charge in [0.15, 0.2) is 11.1 Å². The van der Waals surface area contributed by atoms with Crippen molar-refractivity contribution in [2.75, 3.05) is 0 Å². The third kappa shape index (κ3) is 1.78. The van der Waals surface area contributed by atoms with E-state index >= 15 is 0 Å². The number of nitrogens with zero attached hydrogens (tertiary/aromatic N) is 1. The zero-order valence-corrected chi connectivity index (χ0v) is 5.94. The second-order valence-electron chi connectivity index (χ2n) is 1.67. The number of aromatic nitrogens is 1. The van der Waals surface area contributed by atoms with Crippen LogP contribution in [0.3, 0.4) is 0 Å². The van der Waals surface area contributed by atoms with Gasteiger partial charge in [-0.3, -0.25) is 0 Å². The summed E-state index contributed by atoms with van der Waals surface area (Å²) in [4.78, 5) is 2.19. The molecule has 0 aromatic carbocycles. The lowest BCUT2D eigenvalue weighted by atomic mass is 10.5. The first-order valence-electron chi connectivity index (χ1n) is 2.54. The van der Waals surface area contributed by atoms with Crippen LogP contribution in [0.5, 0.6) is 0 Å². The molecule has 1 atom stereocenters. The molecule has 1 N–H and O–H groups in total. The average Bonchev–Trinajstić information content (AvgIpc) is 1.85. The minimum Gasteiger partial charge on any atom is -0.302 e. The second-order valence-corrected chi connectivity index (χ2v) is 2.61. The van der Waals surface area contributed by atoms with Crippen LogP contribution in [-0.4, -0.2) is 13.7 Å². The van der Waals surface area contributed by atoms with E-state index < -0.39 is 27.9 Å². The third-order valence-corrected chi connectivity index (χ3v) is 1.65. The Labute approximate surface area is 63.4 Å². The summed E-state index contributed by atoms with van der Waals surface area (Å²) >= 11 is -2.45. The van der Waals surface area contributed by atoms with Gasteiger partial charge >= 0.3 is 0 Å². The van der Waals surface area contributed by atoms with Gasteiger partial charge < -0.3 is 4.55 Å². The van der Waals surface area contributed by atoms with Gasteiger partial charge in [0.2, 0.25) is 11.9 Å². The predicted molar refractivity (Wildman–Crippen MR) is 33.2 cm³/mol. The molecule has 0 aliphatic heterocycles. The Morgan fingerprint density at radius 2 is 2.09 bits per heavy atom. The molecule has 0 spiro atoms. The highest BCUT2D eigenvalue weighted by molar-refractivity contribution is 7.79. The Bertz CT molecular complexity index is 305. The Kier molecular flexibility index (Phi) is 2.25. The van der Waals surface area contributed by atoms with Crippen LogP contribution >= 0.6 is 0 Å². The molecule has 0 aliphatic rings. The van der Waals surface area contributed by atoms with Gasteiger partial charge in [0.1, 0.15) is 4.90 Å². The smallest absolute Gasteiger partial charge is 0.234 e. The minimum atomic E-state index is -2.45. The minimum absolute atomic E-state index is 0.522. The molecular weight excluding hydrogens is 176 g/mol. The molecular formula is C5H3F2NO2S. The monoisotopic (exact) mass is 179 g/mol. The summed E-state index contributed by atoms with van der Waals surface area (Å²) in [5.74, 6) is -2.28. The molecule has 60 valence electrons. The van der Waals surface area contributed by atoms with Gasteiger partial charge in [-0.15, -0.1) is 0 Å². The number of hydrogen-bond acceptors (Lipinski definition) is 2. The van der Waals surface area contributed by atoms with Gasteiger partial charge in [-0.1, -0.05) is 0 Å². The van der Waals surface area contributed by atoms with Crippen molar-refractivity contribution >= 4 is 11.1 Å². The largest absolute Gasteiger partial charge is 0.302 e. The molecule has 0 saturated carbocycles. The zero-order chi connectivity index (χ0) is 8.43. The summed E-state index contributed by atoms with van der Waals surface area (Å²) in [5, 5.41) is 0. The number of halogens is 2. The van der Waals surface area contributed by atoms with Crippen LogP contribution in [0.4, 0.5) is 8.78 Å². The normalized spacial score (nSPS) is 13.0. The molecule has 0 saturated heterocycles. The van der Waals surface area contributed by atoms with Crippen LogP contribution in [0.25, 0.3) is 0 Å². The summed E-state index contributed by atoms with van der Waals surface area (Å²) in [6.07, 6.45) is 0. The molecule has 1 heterocycles. The molecule has 0 fully saturated rings. The fourth-order valence-corrected chi connectivity index (χ4v) is 0.904. The summed E-state index contributed by atoms with van der Waals surface area (Å²) in [6, 6.07) is 1.68. The van der Waals surface area contributed by atoms with Crippen molar-refractivity contribution in [2.24, 2.45) is 0 Å². The summed E-state index contributed by atoms with van der Waals surface area (Å²) in [5.41, 5.74) is 0. The molecule has 6 heteroatoms. The van der Waals surface area contributed by atoms with E-state index in [2.05, 4.69) is 4.98 Å². The molecule has 0 aliphatic carbocycles. The van der Waals surface area contributed by atoms with Gasteiger partial charge in [-0.05, 0) is 12.1 Å². The first-order valence-corrected chi connectivity index (χ1v) is 3.65. The molecule has 1 aromatic heterocycles. The van der Waals surface area contributed by atoms with E-state index in [0.29, 0.717) is 0 Å². The van der Waals surface area contributed by atoms with Crippen molar-refractivity contribution < 1.29 is 17.5 Å². The molecule has 1 unspecified atom stereocenters. The van der Waals surface area contributed by atoms with Crippen molar-refractivity contribution in [3.8, 4) is 0 Å². The Hall–Kier alpha value is -0.880. The summed E-state index contributed by atoms with van der Waals surface area (Å²) in [7, 11) is 0. The van der Waals surface area contributed by atoms with Gasteiger partial charge in [-0.2, -0.15) is 13.8 Å². The third-order valence-electron chi connectivity index (χ3n) is 0.969. The van der Waals surface area contributed by atoms with Crippen molar-refractivity contribution in [3.05, 3.63) is 24.0 Å². The van der Waals surface area contributed by atoms with Gasteiger partial charge in [0.05, 0.1) is 0 Å². The van der Waals surface area contributed by atoms with Crippen molar-refractivity contribution in [1.82, 2.24) is 4.98 Å². The topological polar surface area (TPSA) is 50.2 Å². The Morgan fingerprint density at radius 3 is 2.55 bits per heavy atom. The lowest BCUT2D eigenvalue weighted by Gasteiger charge is -1.94. The van der Waals surface area contributed by atoms with Crippen molar-refractivity contribution in [3.63, 3.8) is 0 Å². The molecule has 3 nitrogen and oxygen atoms in total. The highest BCUT2D eigenvalue weighted by Crippen LogP contribution is 2.08. The lowest BCUT2D eigenvalue weighted by molar-refractivity contribution is 0.484. The Morgan fingerprint density at radius 1 is 1.45 bits per heavy atom. The van der Waals surface area contributed by atoms with Crippen molar-refractivity contribution in [1.29, 1.82) is 0 Å². The number of pyridine rings is 1. The van der Waals surface area contributed by atoms with Gasteiger partial charge in [-0.25, -0.2) is 4.21 Å². The predicted octanol–water partition coefficient (Wildman–Crippen LogP) is 0.940. The van der Waals surface area contributed by atoms with E-state index in [4.69, 9.17) is 4.55 Å². The van der Waals surface area contributed by atoms with Crippen LogP contribution in [0, 0.1) is 11.9 Å². The molecule has 0 amide bonds. The fourth-order valence-electron chi connectivity index (χ4n) is 0.530. The fraction of sp³-hybridized carbons (Fsp3) is 0. The molecule has 1 rings (SSSR count). The van der Waals surface area contributed by atoms with E-state index in [0.717, 1.165) is 12.1 Å². The van der Waals surface area contributed by atoms with Crippen LogP contribution in [0.1, 0.15) is 0 Å². The van der Waals surface area contributed by atoms with Crippen molar-refractivity contribution in [2.45, 2.75) is 4.90 Å². The van der Waals surface area contributed by atoms with Crippen LogP contribution in [-0.2, 0) is 11.1 Å². The van der Waals surface area contributed by atoms with Crippen LogP contribution < -0.4 is 0 Å². The number of hydrogen-bond donors (Lipinski definition) is 1. The lowest BCUT2D eigenvalue weighted by Crippen LogP contribution is -1.97. The SMILES string of the molecule is O=S(O)c1ccc(F)nc1F. The molecule has 11 heavy (non-hydrogen) atoms. The second kappa shape index (κ2) is 3.02. The maximum Gasteiger partial charge on any atom is 0.234 e. The number of rotatable bonds is 1. The van der Waals surface area contributed by atoms with E-state index in [1.54, 1.807) is 0 Å². The first-order chi connectivity index (χ1) is 5.11. The van der Waals surface area contributed by atoms with Gasteiger partial charge in [0.25, 0.3) is 0 Å². The van der Waals surface area contributed by atoms with Crippen LogP contribution in [0.2, 0.25) is 0 Å². The highest BCUT2D eigenvalue weighted by atomic mass is 32.2. The Balaban J connectivity index is 3.20. The van der Waals surface area contributed by atoms with Crippen LogP contribution in [0.15, 0.2) is 17.0 Å². The average molecular weight is 179 g/mol. The molecule has 0 bridgehead atoms. The zero-order valence-electron chi connectivity index (χ0n) is 5.12. The maximum absolute atomic E-state index is 12.4. The highest BCUT2D eigenvalue weighted by Gasteiger charge is 2.09. The quantitative estimate of drug-likeness (QED) is 0.515. The van der Waals surface area contributed by atoms with E-state index in [-0.39, 0.29) is 0 Å². The molecule has 0 radical (unpaired) electrons. The standard InChI is InChI=1S/C5H3F2NO2S/c6-4-2-1-3(11(9)10)5(7)8-4/h1-2H,(H,9,10). The summed E-state index contributed by atoms with van der Waals surface area (Å²) in [6.45, 7) is 0. The van der Waals surface area contributed by atoms with E-state index in [9.17, 15) is 13.0 Å². The van der Waals surface area contributed by atoms with E-state index in [1.165, 1.54) is 0 Å². The summed E-state index contributed by atoms with van der Waals surface area (Å²) < 4.78 is 43.1. The molecule has 1 aromatic rings. The maximum atomic E-state index is 12.4. The van der Waals surface area contributed by atoms with E-state index in [1.807, 2.05) is 0 Å².